The van der Waals surface area contributed by atoms with Crippen molar-refractivity contribution in [3.05, 3.63) is 35.4 Å². The first-order valence-electron chi connectivity index (χ1n) is 7.87. The normalized spacial score (nSPS) is 20.8. The van der Waals surface area contributed by atoms with Crippen LogP contribution in [0, 0.1) is 6.92 Å². The van der Waals surface area contributed by atoms with Crippen LogP contribution >= 0.6 is 0 Å². The number of hydrogen-bond acceptors (Lipinski definition) is 2. The molecule has 0 aliphatic carbocycles. The summed E-state index contributed by atoms with van der Waals surface area (Å²) in [5.41, 5.74) is 1.58. The van der Waals surface area contributed by atoms with Gasteiger partial charge in [-0.1, -0.05) is 29.8 Å². The van der Waals surface area contributed by atoms with Gasteiger partial charge in [-0.3, -0.25) is 9.59 Å². The van der Waals surface area contributed by atoms with Gasteiger partial charge >= 0.3 is 6.18 Å². The Labute approximate surface area is 138 Å². The molecule has 2 amide bonds. The highest BCUT2D eigenvalue weighted by molar-refractivity contribution is 5.80. The molecule has 1 heterocycles. The Morgan fingerprint density at radius 3 is 2.50 bits per heavy atom. The summed E-state index contributed by atoms with van der Waals surface area (Å²) in [6.07, 6.45) is -2.65. The third-order valence-electron chi connectivity index (χ3n) is 4.21. The van der Waals surface area contributed by atoms with E-state index in [0.29, 0.717) is 25.7 Å². The predicted octanol–water partition coefficient (Wildman–Crippen LogP) is 2.65. The van der Waals surface area contributed by atoms with Gasteiger partial charge in [0.05, 0.1) is 0 Å². The number of halogens is 3. The second kappa shape index (κ2) is 7.23. The van der Waals surface area contributed by atoms with Gasteiger partial charge in [0.15, 0.2) is 0 Å². The zero-order valence-corrected chi connectivity index (χ0v) is 13.5. The average molecular weight is 342 g/mol. The molecule has 1 saturated heterocycles. The van der Waals surface area contributed by atoms with Crippen LogP contribution in [0.25, 0.3) is 0 Å². The quantitative estimate of drug-likeness (QED) is 0.835. The molecule has 2 N–H and O–H groups in total. The van der Waals surface area contributed by atoms with Crippen molar-refractivity contribution in [1.82, 2.24) is 10.6 Å². The molecule has 1 aromatic rings. The molecule has 24 heavy (non-hydrogen) atoms. The maximum absolute atomic E-state index is 12.1. The van der Waals surface area contributed by atoms with Gasteiger partial charge in [0.25, 0.3) is 0 Å². The minimum atomic E-state index is -4.42. The van der Waals surface area contributed by atoms with Crippen LogP contribution in [-0.2, 0) is 16.0 Å². The molecule has 0 bridgehead atoms. The lowest BCUT2D eigenvalue weighted by Crippen LogP contribution is -2.45. The van der Waals surface area contributed by atoms with Gasteiger partial charge in [0.2, 0.25) is 11.8 Å². The van der Waals surface area contributed by atoms with Crippen molar-refractivity contribution in [1.29, 1.82) is 0 Å². The highest BCUT2D eigenvalue weighted by Gasteiger charge is 2.38. The number of carbonyl (C=O) groups is 2. The summed E-state index contributed by atoms with van der Waals surface area (Å²) in [7, 11) is 0. The van der Waals surface area contributed by atoms with Gasteiger partial charge in [0, 0.05) is 18.4 Å². The van der Waals surface area contributed by atoms with Crippen LogP contribution in [0.1, 0.15) is 36.8 Å². The van der Waals surface area contributed by atoms with E-state index in [1.54, 1.807) is 0 Å². The van der Waals surface area contributed by atoms with Gasteiger partial charge in [0.1, 0.15) is 6.54 Å². The Hall–Kier alpha value is -2.05. The van der Waals surface area contributed by atoms with Crippen LogP contribution in [-0.4, -0.2) is 30.1 Å². The molecule has 0 saturated carbocycles. The number of hydrogen-bond donors (Lipinski definition) is 2. The van der Waals surface area contributed by atoms with E-state index < -0.39 is 24.2 Å². The molecule has 0 spiro atoms. The predicted molar refractivity (Wildman–Crippen MR) is 83.3 cm³/mol. The van der Waals surface area contributed by atoms with Crippen LogP contribution < -0.4 is 10.6 Å². The summed E-state index contributed by atoms with van der Waals surface area (Å²) >= 11 is 0. The first kappa shape index (κ1) is 18.3. The van der Waals surface area contributed by atoms with E-state index in [0.717, 1.165) is 11.1 Å². The topological polar surface area (TPSA) is 58.2 Å². The van der Waals surface area contributed by atoms with Crippen molar-refractivity contribution in [3.63, 3.8) is 0 Å². The molecular weight excluding hydrogens is 321 g/mol. The summed E-state index contributed by atoms with van der Waals surface area (Å²) in [6, 6.07) is 7.86. The van der Waals surface area contributed by atoms with Gasteiger partial charge in [-0.05, 0) is 31.7 Å². The number of amides is 2. The van der Waals surface area contributed by atoms with Gasteiger partial charge in [-0.15, -0.1) is 0 Å². The molecule has 0 aromatic heterocycles. The Kier molecular flexibility index (Phi) is 5.51. The summed E-state index contributed by atoms with van der Waals surface area (Å²) in [5, 5.41) is 4.79. The number of alkyl halides is 3. The van der Waals surface area contributed by atoms with Crippen molar-refractivity contribution in [2.24, 2.45) is 0 Å². The molecule has 1 atom stereocenters. The summed E-state index contributed by atoms with van der Waals surface area (Å²) in [6.45, 7) is 0.644. The van der Waals surface area contributed by atoms with Crippen molar-refractivity contribution in [2.75, 3.05) is 6.54 Å². The van der Waals surface area contributed by atoms with E-state index in [4.69, 9.17) is 0 Å². The first-order chi connectivity index (χ1) is 11.2. The van der Waals surface area contributed by atoms with Gasteiger partial charge < -0.3 is 10.6 Å². The Morgan fingerprint density at radius 2 is 1.96 bits per heavy atom. The van der Waals surface area contributed by atoms with E-state index in [1.165, 1.54) is 0 Å². The van der Waals surface area contributed by atoms with Crippen LogP contribution in [0.3, 0.4) is 0 Å². The van der Waals surface area contributed by atoms with Crippen LogP contribution in [0.2, 0.25) is 0 Å². The maximum atomic E-state index is 12.1. The van der Waals surface area contributed by atoms with E-state index >= 15 is 0 Å². The third-order valence-corrected chi connectivity index (χ3v) is 4.21. The standard InChI is InChI=1S/C17H21F3N2O2/c1-12-2-4-13(5-3-12)10-16(9-7-15(24)22-16)8-6-14(23)21-11-17(18,19)20/h2-5H,6-11H2,1H3,(H,21,23)(H,22,24)/t16-/m0/s1. The Morgan fingerprint density at radius 1 is 1.29 bits per heavy atom. The van der Waals surface area contributed by atoms with Crippen molar-refractivity contribution < 1.29 is 22.8 Å². The van der Waals surface area contributed by atoms with Crippen molar-refractivity contribution in [2.45, 2.75) is 50.7 Å². The molecule has 1 aromatic carbocycles. The lowest BCUT2D eigenvalue weighted by atomic mass is 9.84. The monoisotopic (exact) mass is 342 g/mol. The maximum Gasteiger partial charge on any atom is 0.405 e. The lowest BCUT2D eigenvalue weighted by Gasteiger charge is -2.29. The zero-order valence-electron chi connectivity index (χ0n) is 13.5. The minimum Gasteiger partial charge on any atom is -0.350 e. The lowest BCUT2D eigenvalue weighted by molar-refractivity contribution is -0.138. The zero-order chi connectivity index (χ0) is 17.8. The molecular formula is C17H21F3N2O2. The number of carbonyl (C=O) groups excluding carboxylic acids is 2. The average Bonchev–Trinajstić information content (AvgIpc) is 2.86. The smallest absolute Gasteiger partial charge is 0.350 e. The van der Waals surface area contributed by atoms with E-state index in [1.807, 2.05) is 36.5 Å². The molecule has 7 heteroatoms. The highest BCUT2D eigenvalue weighted by Crippen LogP contribution is 2.29. The fourth-order valence-corrected chi connectivity index (χ4v) is 2.92. The highest BCUT2D eigenvalue weighted by atomic mass is 19.4. The van der Waals surface area contributed by atoms with Crippen molar-refractivity contribution in [3.8, 4) is 0 Å². The fourth-order valence-electron chi connectivity index (χ4n) is 2.92. The minimum absolute atomic E-state index is 0.0534. The van der Waals surface area contributed by atoms with E-state index in [-0.39, 0.29) is 12.3 Å². The number of rotatable bonds is 6. The molecule has 1 aliphatic heterocycles. The largest absolute Gasteiger partial charge is 0.405 e. The molecule has 1 fully saturated rings. The first-order valence-corrected chi connectivity index (χ1v) is 7.87. The second-order valence-electron chi connectivity index (χ2n) is 6.38. The molecule has 132 valence electrons. The number of benzene rings is 1. The molecule has 0 radical (unpaired) electrons. The van der Waals surface area contributed by atoms with Crippen LogP contribution in [0.4, 0.5) is 13.2 Å². The summed E-state index contributed by atoms with van der Waals surface area (Å²) in [5.74, 6) is -0.741. The summed E-state index contributed by atoms with van der Waals surface area (Å²) < 4.78 is 36.4. The number of aryl methyl sites for hydroxylation is 1. The summed E-state index contributed by atoms with van der Waals surface area (Å²) in [4.78, 5) is 23.3. The van der Waals surface area contributed by atoms with Crippen molar-refractivity contribution >= 4 is 11.8 Å². The van der Waals surface area contributed by atoms with Crippen LogP contribution in [0.5, 0.6) is 0 Å². The fraction of sp³-hybridized carbons (Fsp3) is 0.529. The van der Waals surface area contributed by atoms with E-state index in [9.17, 15) is 22.8 Å². The van der Waals surface area contributed by atoms with E-state index in [2.05, 4.69) is 5.32 Å². The Bertz CT molecular complexity index is 599. The molecule has 1 aliphatic rings. The SMILES string of the molecule is Cc1ccc(C[C@]2(CCC(=O)NCC(F)(F)F)CCC(=O)N2)cc1. The van der Waals surface area contributed by atoms with Gasteiger partial charge in [-0.2, -0.15) is 13.2 Å². The van der Waals surface area contributed by atoms with Gasteiger partial charge in [-0.25, -0.2) is 0 Å². The Balaban J connectivity index is 1.96. The molecule has 4 nitrogen and oxygen atoms in total. The van der Waals surface area contributed by atoms with Crippen LogP contribution in [0.15, 0.2) is 24.3 Å². The second-order valence-corrected chi connectivity index (χ2v) is 6.38. The third kappa shape index (κ3) is 5.54. The molecule has 0 unspecified atom stereocenters. The molecule has 2 rings (SSSR count). The number of nitrogens with one attached hydrogen (secondary N) is 2.